The van der Waals surface area contributed by atoms with E-state index >= 15 is 0 Å². The molecule has 0 radical (unpaired) electrons. The first-order valence-electron chi connectivity index (χ1n) is 6.32. The molecule has 1 heterocycles. The second-order valence-electron chi connectivity index (χ2n) is 4.43. The maximum absolute atomic E-state index is 12.6. The number of alkyl halides is 3. The predicted molar refractivity (Wildman–Crippen MR) is 75.2 cm³/mol. The highest BCUT2D eigenvalue weighted by Crippen LogP contribution is 2.29. The Hall–Kier alpha value is -1.82. The van der Waals surface area contributed by atoms with Crippen LogP contribution in [0.25, 0.3) is 0 Å². The van der Waals surface area contributed by atoms with Gasteiger partial charge in [-0.1, -0.05) is 31.2 Å². The van der Waals surface area contributed by atoms with Gasteiger partial charge in [0.05, 0.1) is 0 Å². The molecule has 0 atom stereocenters. The standard InChI is InChI=1S/C14H13ClF3N3/c1-2-9-3-5-10(6-4-9)8-19-12-7-11(14(16,17)18)20-13(15)21-12/h3-7H,2,8H2,1H3,(H,19,20,21). The molecule has 2 rings (SSSR count). The zero-order valence-electron chi connectivity index (χ0n) is 11.2. The van der Waals surface area contributed by atoms with E-state index in [4.69, 9.17) is 11.6 Å². The van der Waals surface area contributed by atoms with Crippen molar-refractivity contribution in [2.45, 2.75) is 26.1 Å². The Morgan fingerprint density at radius 3 is 2.29 bits per heavy atom. The van der Waals surface area contributed by atoms with Crippen molar-refractivity contribution < 1.29 is 13.2 Å². The van der Waals surface area contributed by atoms with Crippen LogP contribution in [0.3, 0.4) is 0 Å². The Morgan fingerprint density at radius 2 is 1.71 bits per heavy atom. The van der Waals surface area contributed by atoms with Gasteiger partial charge in [-0.05, 0) is 29.1 Å². The van der Waals surface area contributed by atoms with Crippen molar-refractivity contribution in [3.8, 4) is 0 Å². The number of hydrogen-bond acceptors (Lipinski definition) is 3. The summed E-state index contributed by atoms with van der Waals surface area (Å²) in [7, 11) is 0. The van der Waals surface area contributed by atoms with Gasteiger partial charge in [0.1, 0.15) is 5.82 Å². The molecule has 3 nitrogen and oxygen atoms in total. The van der Waals surface area contributed by atoms with Crippen molar-refractivity contribution >= 4 is 17.4 Å². The molecule has 2 aromatic rings. The molecule has 7 heteroatoms. The fourth-order valence-electron chi connectivity index (χ4n) is 1.74. The average Bonchev–Trinajstić information content (AvgIpc) is 2.44. The van der Waals surface area contributed by atoms with Crippen molar-refractivity contribution in [1.82, 2.24) is 9.97 Å². The fraction of sp³-hybridized carbons (Fsp3) is 0.286. The summed E-state index contributed by atoms with van der Waals surface area (Å²) in [5.41, 5.74) is 1.07. The molecular weight excluding hydrogens is 303 g/mol. The molecule has 112 valence electrons. The molecule has 1 N–H and O–H groups in total. The first kappa shape index (κ1) is 15.6. The Bertz CT molecular complexity index is 612. The monoisotopic (exact) mass is 315 g/mol. The van der Waals surface area contributed by atoms with Gasteiger partial charge in [-0.3, -0.25) is 0 Å². The molecule has 1 aromatic heterocycles. The molecule has 0 saturated heterocycles. The Morgan fingerprint density at radius 1 is 1.10 bits per heavy atom. The van der Waals surface area contributed by atoms with Gasteiger partial charge in [0.15, 0.2) is 5.69 Å². The largest absolute Gasteiger partial charge is 0.433 e. The highest BCUT2D eigenvalue weighted by atomic mass is 35.5. The van der Waals surface area contributed by atoms with Crippen LogP contribution >= 0.6 is 11.6 Å². The van der Waals surface area contributed by atoms with E-state index in [0.717, 1.165) is 18.1 Å². The summed E-state index contributed by atoms with van der Waals surface area (Å²) < 4.78 is 37.9. The van der Waals surface area contributed by atoms with Crippen molar-refractivity contribution in [1.29, 1.82) is 0 Å². The minimum Gasteiger partial charge on any atom is -0.366 e. The first-order chi connectivity index (χ1) is 9.88. The summed E-state index contributed by atoms with van der Waals surface area (Å²) in [4.78, 5) is 6.91. The summed E-state index contributed by atoms with van der Waals surface area (Å²) >= 11 is 5.52. The van der Waals surface area contributed by atoms with Crippen molar-refractivity contribution in [2.24, 2.45) is 0 Å². The lowest BCUT2D eigenvalue weighted by molar-refractivity contribution is -0.141. The lowest BCUT2D eigenvalue weighted by Crippen LogP contribution is -2.11. The maximum atomic E-state index is 12.6. The third-order valence-corrected chi connectivity index (χ3v) is 3.06. The predicted octanol–water partition coefficient (Wildman–Crippen LogP) is 4.32. The molecule has 1 aromatic carbocycles. The van der Waals surface area contributed by atoms with E-state index in [1.165, 1.54) is 5.56 Å². The number of anilines is 1. The number of nitrogens with one attached hydrogen (secondary N) is 1. The Labute approximate surface area is 125 Å². The molecule has 21 heavy (non-hydrogen) atoms. The number of aryl methyl sites for hydroxylation is 1. The topological polar surface area (TPSA) is 37.8 Å². The maximum Gasteiger partial charge on any atom is 0.433 e. The number of nitrogens with zero attached hydrogens (tertiary/aromatic N) is 2. The fourth-order valence-corrected chi connectivity index (χ4v) is 1.92. The van der Waals surface area contributed by atoms with Crippen LogP contribution in [0.1, 0.15) is 23.7 Å². The first-order valence-corrected chi connectivity index (χ1v) is 6.69. The molecule has 0 amide bonds. The number of hydrogen-bond donors (Lipinski definition) is 1. The second-order valence-corrected chi connectivity index (χ2v) is 4.77. The van der Waals surface area contributed by atoms with Gasteiger partial charge >= 0.3 is 6.18 Å². The van der Waals surface area contributed by atoms with Gasteiger partial charge in [0.2, 0.25) is 5.28 Å². The van der Waals surface area contributed by atoms with Crippen molar-refractivity contribution in [2.75, 3.05) is 5.32 Å². The van der Waals surface area contributed by atoms with Crippen LogP contribution in [0.5, 0.6) is 0 Å². The van der Waals surface area contributed by atoms with Gasteiger partial charge in [0, 0.05) is 12.6 Å². The van der Waals surface area contributed by atoms with Crippen LogP contribution in [0, 0.1) is 0 Å². The minimum absolute atomic E-state index is 0.0434. The minimum atomic E-state index is -4.55. The quantitative estimate of drug-likeness (QED) is 0.854. The van der Waals surface area contributed by atoms with E-state index in [2.05, 4.69) is 22.2 Å². The molecule has 0 spiro atoms. The number of aromatic nitrogens is 2. The molecular formula is C14H13ClF3N3. The number of halogens is 4. The van der Waals surface area contributed by atoms with Crippen LogP contribution in [0.15, 0.2) is 30.3 Å². The van der Waals surface area contributed by atoms with Crippen LogP contribution in [0.2, 0.25) is 5.28 Å². The summed E-state index contributed by atoms with van der Waals surface area (Å²) in [6, 6.07) is 8.63. The third kappa shape index (κ3) is 4.32. The highest BCUT2D eigenvalue weighted by molar-refractivity contribution is 6.28. The van der Waals surface area contributed by atoms with Gasteiger partial charge < -0.3 is 5.32 Å². The van der Waals surface area contributed by atoms with Gasteiger partial charge in [0.25, 0.3) is 0 Å². The Balaban J connectivity index is 2.10. The van der Waals surface area contributed by atoms with Gasteiger partial charge in [-0.2, -0.15) is 13.2 Å². The highest BCUT2D eigenvalue weighted by Gasteiger charge is 2.33. The molecule has 0 unspecified atom stereocenters. The van der Waals surface area contributed by atoms with Crippen LogP contribution < -0.4 is 5.32 Å². The zero-order chi connectivity index (χ0) is 15.5. The normalized spacial score (nSPS) is 11.5. The molecule has 0 aliphatic carbocycles. The summed E-state index contributed by atoms with van der Waals surface area (Å²) in [5, 5.41) is 2.38. The van der Waals surface area contributed by atoms with Crippen molar-refractivity contribution in [3.05, 3.63) is 52.4 Å². The molecule has 0 aliphatic heterocycles. The van der Waals surface area contributed by atoms with Gasteiger partial charge in [-0.15, -0.1) is 0 Å². The van der Waals surface area contributed by atoms with Gasteiger partial charge in [-0.25, -0.2) is 9.97 Å². The second kappa shape index (κ2) is 6.30. The molecule has 0 aliphatic rings. The SMILES string of the molecule is CCc1ccc(CNc2cc(C(F)(F)F)nc(Cl)n2)cc1. The van der Waals surface area contributed by atoms with E-state index < -0.39 is 17.2 Å². The third-order valence-electron chi connectivity index (χ3n) is 2.89. The number of rotatable bonds is 4. The molecule has 0 saturated carbocycles. The summed E-state index contributed by atoms with van der Waals surface area (Å²) in [6.45, 7) is 2.41. The van der Waals surface area contributed by atoms with E-state index in [-0.39, 0.29) is 5.82 Å². The van der Waals surface area contributed by atoms with Crippen LogP contribution in [0.4, 0.5) is 19.0 Å². The summed E-state index contributed by atoms with van der Waals surface area (Å²) in [6.07, 6.45) is -3.62. The average molecular weight is 316 g/mol. The lowest BCUT2D eigenvalue weighted by atomic mass is 10.1. The smallest absolute Gasteiger partial charge is 0.366 e. The van der Waals surface area contributed by atoms with E-state index in [0.29, 0.717) is 6.54 Å². The summed E-state index contributed by atoms with van der Waals surface area (Å²) in [5.74, 6) is 0.0434. The van der Waals surface area contributed by atoms with E-state index in [1.54, 1.807) is 0 Å². The zero-order valence-corrected chi connectivity index (χ0v) is 12.0. The van der Waals surface area contributed by atoms with E-state index in [9.17, 15) is 13.2 Å². The van der Waals surface area contributed by atoms with Crippen molar-refractivity contribution in [3.63, 3.8) is 0 Å². The van der Waals surface area contributed by atoms with E-state index in [1.807, 2.05) is 24.3 Å². The Kier molecular flexibility index (Phi) is 4.67. The lowest BCUT2D eigenvalue weighted by Gasteiger charge is -2.10. The van der Waals surface area contributed by atoms with Crippen LogP contribution in [-0.2, 0) is 19.1 Å². The number of benzene rings is 1. The van der Waals surface area contributed by atoms with Crippen LogP contribution in [-0.4, -0.2) is 9.97 Å². The molecule has 0 bridgehead atoms. The molecule has 0 fully saturated rings.